The van der Waals surface area contributed by atoms with Gasteiger partial charge in [-0.05, 0) is 85.9 Å². The Morgan fingerprint density at radius 3 is 1.74 bits per heavy atom. The second kappa shape index (κ2) is 6.81. The van der Waals surface area contributed by atoms with Crippen LogP contribution in [0.5, 0.6) is 0 Å². The fraction of sp³-hybridized carbons (Fsp3) is 1.00. The maximum Gasteiger partial charge on any atom is 0.426 e. The smallest absolute Gasteiger partial charge is 0.374 e. The molecule has 158 valence electrons. The standard InChI is InChI=1S/C16H20F6O.C4H10/c17-15(18,19)14(23,16(20,21)22)6-10-4-9-5-11(10)13-8-2-1-7(3-8)12(9)13;1-4(2)3/h7-13,23H,1-6H2;4H,1-3H3. The van der Waals surface area contributed by atoms with Crippen molar-refractivity contribution < 1.29 is 31.4 Å². The van der Waals surface area contributed by atoms with Crippen LogP contribution in [0, 0.1) is 47.3 Å². The van der Waals surface area contributed by atoms with Gasteiger partial charge in [-0.15, -0.1) is 0 Å². The van der Waals surface area contributed by atoms with Crippen molar-refractivity contribution >= 4 is 0 Å². The molecule has 7 unspecified atom stereocenters. The van der Waals surface area contributed by atoms with Crippen molar-refractivity contribution in [2.45, 2.75) is 77.2 Å². The molecule has 4 bridgehead atoms. The quantitative estimate of drug-likeness (QED) is 0.431. The number of hydrogen-bond acceptors (Lipinski definition) is 1. The lowest BCUT2D eigenvalue weighted by Crippen LogP contribution is -2.58. The topological polar surface area (TPSA) is 20.2 Å². The summed E-state index contributed by atoms with van der Waals surface area (Å²) in [6.07, 6.45) is -8.04. The Hall–Kier alpha value is -0.460. The lowest BCUT2D eigenvalue weighted by Gasteiger charge is -2.42. The number of aliphatic hydroxyl groups is 1. The molecule has 0 radical (unpaired) electrons. The molecule has 7 atom stereocenters. The predicted molar refractivity (Wildman–Crippen MR) is 89.7 cm³/mol. The summed E-state index contributed by atoms with van der Waals surface area (Å²) in [4.78, 5) is 0. The Morgan fingerprint density at radius 1 is 0.778 bits per heavy atom. The van der Waals surface area contributed by atoms with Gasteiger partial charge in [-0.2, -0.15) is 26.3 Å². The van der Waals surface area contributed by atoms with Crippen LogP contribution in [0.4, 0.5) is 26.3 Å². The van der Waals surface area contributed by atoms with Gasteiger partial charge in [-0.3, -0.25) is 0 Å². The first-order chi connectivity index (χ1) is 12.3. The van der Waals surface area contributed by atoms with Crippen LogP contribution in [0.25, 0.3) is 0 Å². The number of halogens is 6. The van der Waals surface area contributed by atoms with Crippen molar-refractivity contribution in [2.75, 3.05) is 0 Å². The molecule has 4 aliphatic rings. The predicted octanol–water partition coefficient (Wildman–Crippen LogP) is 6.21. The zero-order valence-electron chi connectivity index (χ0n) is 16.1. The van der Waals surface area contributed by atoms with Gasteiger partial charge in [0.1, 0.15) is 0 Å². The SMILES string of the molecule is CC(C)C.OC(CC1CC2CC1C1C3CCC(C3)C21)(C(F)(F)F)C(F)(F)F. The van der Waals surface area contributed by atoms with E-state index < -0.39 is 30.3 Å². The van der Waals surface area contributed by atoms with E-state index in [1.54, 1.807) is 0 Å². The molecule has 0 aromatic rings. The van der Waals surface area contributed by atoms with Crippen LogP contribution in [0.1, 0.15) is 59.3 Å². The van der Waals surface area contributed by atoms with Crippen LogP contribution < -0.4 is 0 Å². The average molecular weight is 400 g/mol. The molecule has 0 aromatic heterocycles. The first-order valence-electron chi connectivity index (χ1n) is 10.1. The van der Waals surface area contributed by atoms with E-state index >= 15 is 0 Å². The van der Waals surface area contributed by atoms with E-state index in [2.05, 4.69) is 20.8 Å². The van der Waals surface area contributed by atoms with E-state index in [-0.39, 0.29) is 11.8 Å². The number of rotatable bonds is 2. The van der Waals surface area contributed by atoms with E-state index in [0.717, 1.165) is 25.2 Å². The fourth-order valence-electron chi connectivity index (χ4n) is 6.71. The molecular weight excluding hydrogens is 370 g/mol. The summed E-state index contributed by atoms with van der Waals surface area (Å²) >= 11 is 0. The molecule has 0 saturated heterocycles. The van der Waals surface area contributed by atoms with E-state index in [0.29, 0.717) is 30.1 Å². The van der Waals surface area contributed by atoms with Gasteiger partial charge in [0, 0.05) is 0 Å². The zero-order chi connectivity index (χ0) is 20.4. The van der Waals surface area contributed by atoms with E-state index in [4.69, 9.17) is 0 Å². The molecule has 0 spiro atoms. The van der Waals surface area contributed by atoms with Crippen LogP contribution in [0.3, 0.4) is 0 Å². The van der Waals surface area contributed by atoms with Gasteiger partial charge in [-0.25, -0.2) is 0 Å². The van der Waals surface area contributed by atoms with Gasteiger partial charge >= 0.3 is 12.4 Å². The van der Waals surface area contributed by atoms with Gasteiger partial charge in [0.2, 0.25) is 0 Å². The molecule has 4 fully saturated rings. The number of hydrogen-bond donors (Lipinski definition) is 1. The van der Waals surface area contributed by atoms with Gasteiger partial charge < -0.3 is 5.11 Å². The molecule has 4 saturated carbocycles. The molecule has 1 nitrogen and oxygen atoms in total. The van der Waals surface area contributed by atoms with Crippen LogP contribution in [0.15, 0.2) is 0 Å². The minimum absolute atomic E-state index is 0.0588. The summed E-state index contributed by atoms with van der Waals surface area (Å²) in [5.41, 5.74) is -4.57. The largest absolute Gasteiger partial charge is 0.426 e. The van der Waals surface area contributed by atoms with Crippen molar-refractivity contribution in [1.29, 1.82) is 0 Å². The monoisotopic (exact) mass is 400 g/mol. The summed E-state index contributed by atoms with van der Waals surface area (Å²) in [5.74, 6) is 2.36. The van der Waals surface area contributed by atoms with Crippen molar-refractivity contribution in [3.63, 3.8) is 0 Å². The second-order valence-electron chi connectivity index (χ2n) is 9.94. The first-order valence-corrected chi connectivity index (χ1v) is 10.1. The van der Waals surface area contributed by atoms with Crippen molar-refractivity contribution in [3.05, 3.63) is 0 Å². The molecule has 1 N–H and O–H groups in total. The maximum atomic E-state index is 12.9. The molecule has 0 aromatic carbocycles. The third kappa shape index (κ3) is 3.51. The Morgan fingerprint density at radius 2 is 1.26 bits per heavy atom. The summed E-state index contributed by atoms with van der Waals surface area (Å²) in [5, 5.41) is 9.50. The number of fused-ring (bicyclic) bond motifs is 9. The molecule has 0 amide bonds. The lowest BCUT2D eigenvalue weighted by molar-refractivity contribution is -0.373. The fourth-order valence-corrected chi connectivity index (χ4v) is 6.71. The highest BCUT2D eigenvalue weighted by Gasteiger charge is 2.72. The molecule has 27 heavy (non-hydrogen) atoms. The molecule has 4 aliphatic carbocycles. The first kappa shape index (κ1) is 21.3. The Balaban J connectivity index is 0.000000481. The van der Waals surface area contributed by atoms with Gasteiger partial charge in [0.25, 0.3) is 5.60 Å². The van der Waals surface area contributed by atoms with Gasteiger partial charge in [-0.1, -0.05) is 20.8 Å². The lowest BCUT2D eigenvalue weighted by atomic mass is 9.65. The van der Waals surface area contributed by atoms with Crippen LogP contribution in [-0.4, -0.2) is 23.1 Å². The summed E-state index contributed by atoms with van der Waals surface area (Å²) in [7, 11) is 0. The van der Waals surface area contributed by atoms with Crippen LogP contribution >= 0.6 is 0 Å². The third-order valence-electron chi connectivity index (χ3n) is 7.37. The molecular formula is C20H30F6O. The van der Waals surface area contributed by atoms with Crippen molar-refractivity contribution in [1.82, 2.24) is 0 Å². The molecule has 4 rings (SSSR count). The summed E-state index contributed by atoms with van der Waals surface area (Å²) in [6, 6.07) is 0. The molecule has 0 heterocycles. The van der Waals surface area contributed by atoms with Crippen LogP contribution in [-0.2, 0) is 0 Å². The normalized spacial score (nSPS) is 40.3. The Kier molecular flexibility index (Phi) is 5.36. The van der Waals surface area contributed by atoms with Gasteiger partial charge in [0.05, 0.1) is 0 Å². The van der Waals surface area contributed by atoms with Crippen molar-refractivity contribution in [3.8, 4) is 0 Å². The van der Waals surface area contributed by atoms with Crippen LogP contribution in [0.2, 0.25) is 0 Å². The van der Waals surface area contributed by atoms with E-state index in [1.165, 1.54) is 6.42 Å². The maximum absolute atomic E-state index is 12.9. The molecule has 7 heteroatoms. The van der Waals surface area contributed by atoms with E-state index in [1.807, 2.05) is 0 Å². The highest BCUT2D eigenvalue weighted by Crippen LogP contribution is 2.70. The Labute approximate surface area is 156 Å². The number of alkyl halides is 6. The zero-order valence-corrected chi connectivity index (χ0v) is 16.1. The highest BCUT2D eigenvalue weighted by atomic mass is 19.4. The second-order valence-corrected chi connectivity index (χ2v) is 9.94. The third-order valence-corrected chi connectivity index (χ3v) is 7.37. The van der Waals surface area contributed by atoms with Crippen molar-refractivity contribution in [2.24, 2.45) is 47.3 Å². The average Bonchev–Trinajstić information content (AvgIpc) is 3.23. The summed E-state index contributed by atoms with van der Waals surface area (Å²) in [6.45, 7) is 6.50. The summed E-state index contributed by atoms with van der Waals surface area (Å²) < 4.78 is 77.7. The van der Waals surface area contributed by atoms with Gasteiger partial charge in [0.15, 0.2) is 0 Å². The molecule has 0 aliphatic heterocycles. The highest BCUT2D eigenvalue weighted by molar-refractivity contribution is 5.12. The minimum atomic E-state index is -5.68. The Bertz CT molecular complexity index is 523. The minimum Gasteiger partial charge on any atom is -0.374 e. The van der Waals surface area contributed by atoms with E-state index in [9.17, 15) is 31.4 Å².